The molecule has 0 aromatic heterocycles. The zero-order valence-electron chi connectivity index (χ0n) is 13.6. The second-order valence-electron chi connectivity index (χ2n) is 4.28. The van der Waals surface area contributed by atoms with Crippen LogP contribution in [0.25, 0.3) is 12.3 Å². The van der Waals surface area contributed by atoms with Crippen molar-refractivity contribution in [3.8, 4) is 0 Å². The Kier molecular flexibility index (Phi) is 26.7. The van der Waals surface area contributed by atoms with Crippen LogP contribution >= 0.6 is 18.8 Å². The number of imide groups is 1. The summed E-state index contributed by atoms with van der Waals surface area (Å²) >= 11 is -0.472. The number of nitrogens with two attached hydrogens (primary N) is 2. The molecule has 0 atom stereocenters. The second kappa shape index (κ2) is 21.1. The molecule has 9 nitrogen and oxygen atoms in total. The van der Waals surface area contributed by atoms with Gasteiger partial charge in [-0.2, -0.15) is 0 Å². The number of unbranched alkanes of at least 4 members (excludes halogenated alkanes) is 3. The normalized spacial score (nSPS) is 11.4. The zero-order valence-corrected chi connectivity index (χ0v) is 17.4. The van der Waals surface area contributed by atoms with Crippen molar-refractivity contribution in [3.63, 3.8) is 0 Å². The summed E-state index contributed by atoms with van der Waals surface area (Å²) in [5.74, 6) is -2.12. The molecule has 25 heavy (non-hydrogen) atoms. The SMILES string of the molecule is CC(=O)O.O=C(O)CCCCCCN1C(=O)C=CC1=O.[Cl][Pt+2][Cl].[NH2-].[NH2-]. The van der Waals surface area contributed by atoms with Crippen molar-refractivity contribution < 1.29 is 45.9 Å². The summed E-state index contributed by atoms with van der Waals surface area (Å²) in [4.78, 5) is 42.7. The number of carbonyl (C=O) groups excluding carboxylic acids is 2. The van der Waals surface area contributed by atoms with Crippen LogP contribution in [0.5, 0.6) is 0 Å². The molecule has 1 aliphatic rings. The van der Waals surface area contributed by atoms with Crippen LogP contribution in [0.1, 0.15) is 39.0 Å². The number of halogens is 2. The predicted octanol–water partition coefficient (Wildman–Crippen LogP) is 3.85. The largest absolute Gasteiger partial charge is 0.693 e. The quantitative estimate of drug-likeness (QED) is 0.339. The van der Waals surface area contributed by atoms with Crippen molar-refractivity contribution in [2.45, 2.75) is 39.0 Å². The van der Waals surface area contributed by atoms with Crippen LogP contribution in [0, 0.1) is 0 Å². The molecule has 2 amide bonds. The van der Waals surface area contributed by atoms with E-state index in [0.717, 1.165) is 26.2 Å². The number of hydrogen-bond acceptors (Lipinski definition) is 4. The van der Waals surface area contributed by atoms with E-state index in [1.165, 1.54) is 17.1 Å². The maximum absolute atomic E-state index is 11.1. The maximum atomic E-state index is 11.1. The Morgan fingerprint density at radius 2 is 1.36 bits per heavy atom. The van der Waals surface area contributed by atoms with Crippen LogP contribution in [0.3, 0.4) is 0 Å². The standard InChI is InChI=1S/C11H15NO4.C2H4O2.2ClH.2H2N.Pt/c13-9-6-7-10(14)12(9)8-4-2-1-3-5-11(15)16;1-2(3)4;;;;;/h6-7H,1-5,8H2,(H,15,16);1H3,(H,3,4);2*1H;2*1H2;/q;;;;2*-1;+4/p-2. The second-order valence-corrected chi connectivity index (χ2v) is 7.57. The summed E-state index contributed by atoms with van der Waals surface area (Å²) < 4.78 is 0. The fraction of sp³-hybridized carbons (Fsp3) is 0.538. The van der Waals surface area contributed by atoms with Gasteiger partial charge < -0.3 is 22.5 Å². The first-order valence-corrected chi connectivity index (χ1v) is 12.2. The number of aliphatic carboxylic acids is 2. The summed E-state index contributed by atoms with van der Waals surface area (Å²) in [7, 11) is 9.75. The first kappa shape index (κ1) is 31.7. The van der Waals surface area contributed by atoms with Gasteiger partial charge in [0.25, 0.3) is 17.8 Å². The average Bonchev–Trinajstić information content (AvgIpc) is 2.74. The third kappa shape index (κ3) is 23.0. The average molecular weight is 583 g/mol. The first-order chi connectivity index (χ1) is 10.8. The van der Waals surface area contributed by atoms with Gasteiger partial charge in [-0.25, -0.2) is 0 Å². The number of amides is 2. The van der Waals surface area contributed by atoms with Gasteiger partial charge in [0.05, 0.1) is 0 Å². The van der Waals surface area contributed by atoms with Gasteiger partial charge in [0.2, 0.25) is 0 Å². The molecule has 0 aliphatic carbocycles. The Balaban J connectivity index is -0.000000211. The Morgan fingerprint density at radius 1 is 1.00 bits per heavy atom. The van der Waals surface area contributed by atoms with Crippen molar-refractivity contribution >= 4 is 42.6 Å². The molecule has 1 rings (SSSR count). The van der Waals surface area contributed by atoms with E-state index in [1.807, 2.05) is 0 Å². The molecule has 1 aliphatic heterocycles. The minimum Gasteiger partial charge on any atom is -0.693 e. The third-order valence-corrected chi connectivity index (χ3v) is 2.42. The number of hydrogen-bond donors (Lipinski definition) is 2. The molecule has 0 aromatic rings. The summed E-state index contributed by atoms with van der Waals surface area (Å²) in [5, 5.41) is 15.8. The van der Waals surface area contributed by atoms with Gasteiger partial charge >= 0.3 is 41.3 Å². The van der Waals surface area contributed by atoms with Gasteiger partial charge in [-0.1, -0.05) is 12.8 Å². The monoisotopic (exact) mass is 582 g/mol. The minimum atomic E-state index is -0.833. The number of nitrogens with zero attached hydrogens (tertiary/aromatic N) is 1. The molecule has 0 fully saturated rings. The van der Waals surface area contributed by atoms with Gasteiger partial charge in [0.1, 0.15) is 0 Å². The van der Waals surface area contributed by atoms with Gasteiger partial charge in [0.15, 0.2) is 0 Å². The van der Waals surface area contributed by atoms with E-state index in [-0.39, 0.29) is 30.5 Å². The molecule has 1 heterocycles. The molecular formula is C13H23Cl2N3O6Pt. The Hall–Kier alpha value is -0.992. The predicted molar refractivity (Wildman–Crippen MR) is 92.2 cm³/mol. The van der Waals surface area contributed by atoms with Crippen LogP contribution in [0.15, 0.2) is 12.2 Å². The molecule has 0 spiro atoms. The Labute approximate surface area is 163 Å². The molecule has 150 valence electrons. The van der Waals surface area contributed by atoms with E-state index in [2.05, 4.69) is 0 Å². The summed E-state index contributed by atoms with van der Waals surface area (Å²) in [6.45, 7) is 1.51. The zero-order chi connectivity index (χ0) is 18.3. The summed E-state index contributed by atoms with van der Waals surface area (Å²) in [6, 6.07) is 0. The molecule has 12 heteroatoms. The Morgan fingerprint density at radius 3 is 1.72 bits per heavy atom. The third-order valence-electron chi connectivity index (χ3n) is 2.42. The van der Waals surface area contributed by atoms with Crippen molar-refractivity contribution in [2.24, 2.45) is 0 Å². The van der Waals surface area contributed by atoms with Crippen LogP contribution in [-0.4, -0.2) is 45.4 Å². The molecule has 0 saturated carbocycles. The summed E-state index contributed by atoms with van der Waals surface area (Å²) in [5.41, 5.74) is 0. The van der Waals surface area contributed by atoms with Crippen molar-refractivity contribution in [1.29, 1.82) is 0 Å². The molecule has 0 bridgehead atoms. The Bertz CT molecular complexity index is 416. The number of carbonyl (C=O) groups is 4. The van der Waals surface area contributed by atoms with Gasteiger partial charge in [-0.15, -0.1) is 0 Å². The maximum Gasteiger partial charge on any atom is -0.693 e. The van der Waals surface area contributed by atoms with Crippen molar-refractivity contribution in [1.82, 2.24) is 4.90 Å². The molecule has 0 saturated heterocycles. The minimum absolute atomic E-state index is 0. The van der Waals surface area contributed by atoms with Crippen LogP contribution < -0.4 is 0 Å². The van der Waals surface area contributed by atoms with Crippen LogP contribution in [0.2, 0.25) is 0 Å². The summed E-state index contributed by atoms with van der Waals surface area (Å²) in [6.07, 6.45) is 5.76. The number of carboxylic acid groups (broad SMARTS) is 2. The van der Waals surface area contributed by atoms with Crippen molar-refractivity contribution in [3.05, 3.63) is 24.5 Å². The van der Waals surface area contributed by atoms with E-state index < -0.39 is 28.4 Å². The topological polar surface area (TPSA) is 179 Å². The molecular weight excluding hydrogens is 560 g/mol. The number of carboxylic acids is 2. The fourth-order valence-electron chi connectivity index (χ4n) is 1.55. The smallest absolute Gasteiger partial charge is 0.693 e. The van der Waals surface area contributed by atoms with Gasteiger partial charge in [-0.05, 0) is 12.8 Å². The first-order valence-electron chi connectivity index (χ1n) is 6.53. The molecule has 0 aromatic carbocycles. The van der Waals surface area contributed by atoms with E-state index in [4.69, 9.17) is 33.8 Å². The molecule has 0 unspecified atom stereocenters. The van der Waals surface area contributed by atoms with Crippen molar-refractivity contribution in [2.75, 3.05) is 6.54 Å². The van der Waals surface area contributed by atoms with E-state index >= 15 is 0 Å². The van der Waals surface area contributed by atoms with Crippen LogP contribution in [-0.2, 0) is 35.7 Å². The van der Waals surface area contributed by atoms with E-state index in [0.29, 0.717) is 13.0 Å². The van der Waals surface area contributed by atoms with Gasteiger partial charge in [-0.3, -0.25) is 24.1 Å². The van der Waals surface area contributed by atoms with E-state index in [1.54, 1.807) is 0 Å². The fourth-order valence-corrected chi connectivity index (χ4v) is 1.55. The number of rotatable bonds is 7. The molecule has 6 N–H and O–H groups in total. The molecule has 0 radical (unpaired) electrons. The van der Waals surface area contributed by atoms with E-state index in [9.17, 15) is 14.4 Å². The van der Waals surface area contributed by atoms with Crippen LogP contribution in [0.4, 0.5) is 0 Å². The van der Waals surface area contributed by atoms with Gasteiger partial charge in [0, 0.05) is 32.0 Å².